The second-order valence-corrected chi connectivity index (χ2v) is 20.8. The van der Waals surface area contributed by atoms with Crippen LogP contribution in [0.2, 0.25) is 0 Å². The van der Waals surface area contributed by atoms with Crippen LogP contribution in [0.3, 0.4) is 0 Å². The number of nitrogens with zero attached hydrogens (tertiary/aromatic N) is 1. The maximum Gasteiger partial charge on any atom is 0.326 e. The Hall–Kier alpha value is -2.89. The lowest BCUT2D eigenvalue weighted by molar-refractivity contribution is -0.141. The summed E-state index contributed by atoms with van der Waals surface area (Å²) in [7, 11) is -3.37. The minimum Gasteiger partial charge on any atom is -0.481 e. The Labute approximate surface area is 403 Å². The number of amides is 1. The minimum atomic E-state index is -3.37. The fraction of sp³-hybridized carbons (Fsp3) is 0.722. The molecule has 2 aliphatic rings. The molecular weight excluding hydrogens is 853 g/mol. The van der Waals surface area contributed by atoms with Gasteiger partial charge in [0.25, 0.3) is 5.91 Å². The van der Waals surface area contributed by atoms with Crippen molar-refractivity contribution in [3.8, 4) is 11.1 Å². The fourth-order valence-electron chi connectivity index (χ4n) is 7.91. The first kappa shape index (κ1) is 64.2. The molecule has 1 heterocycles. The highest BCUT2D eigenvalue weighted by Crippen LogP contribution is 2.37. The molecule has 1 saturated carbocycles. The van der Waals surface area contributed by atoms with Crippen molar-refractivity contribution >= 4 is 39.4 Å². The number of carbonyl (C=O) groups is 3. The molecule has 0 bridgehead atoms. The highest BCUT2D eigenvalue weighted by atomic mass is 32.2. The Morgan fingerprint density at radius 1 is 0.785 bits per heavy atom. The molecule has 11 heteroatoms. The quantitative estimate of drug-likeness (QED) is 0.118. The van der Waals surface area contributed by atoms with Crippen LogP contribution in [-0.2, 0) is 26.0 Å². The number of carboxylic acid groups (broad SMARTS) is 2. The van der Waals surface area contributed by atoms with E-state index in [9.17, 15) is 27.9 Å². The maximum atomic E-state index is 13.5. The van der Waals surface area contributed by atoms with E-state index >= 15 is 0 Å². The van der Waals surface area contributed by atoms with Crippen molar-refractivity contribution in [2.75, 3.05) is 24.0 Å². The van der Waals surface area contributed by atoms with Gasteiger partial charge in [-0.05, 0) is 104 Å². The number of hydrogen-bond donors (Lipinski definition) is 3. The number of carboxylic acids is 2. The number of unbranched alkanes of at least 4 members (excludes halogenated alkanes) is 1. The zero-order chi connectivity index (χ0) is 50.0. The normalized spacial score (nSPS) is 17.3. The number of nitrogens with one attached hydrogen (secondary N) is 1. The van der Waals surface area contributed by atoms with Gasteiger partial charge < -0.3 is 15.5 Å². The molecule has 2 aromatic carbocycles. The zero-order valence-corrected chi connectivity index (χ0v) is 45.3. The molecule has 1 amide bonds. The van der Waals surface area contributed by atoms with Gasteiger partial charge >= 0.3 is 11.9 Å². The Balaban J connectivity index is 0. The van der Waals surface area contributed by atoms with E-state index in [2.05, 4.69) is 57.8 Å². The molecule has 0 spiro atoms. The van der Waals surface area contributed by atoms with Gasteiger partial charge in [-0.3, -0.25) is 14.5 Å². The molecule has 1 aliphatic carbocycles. The second kappa shape index (κ2) is 38.1. The van der Waals surface area contributed by atoms with E-state index in [1.165, 1.54) is 83.5 Å². The van der Waals surface area contributed by atoms with Crippen molar-refractivity contribution < 1.29 is 33.0 Å². The summed E-state index contributed by atoms with van der Waals surface area (Å²) < 4.78 is 23.3. The number of likely N-dealkylation sites (tertiary alicyclic amines) is 1. The van der Waals surface area contributed by atoms with Gasteiger partial charge in [0.05, 0.1) is 11.7 Å². The lowest BCUT2D eigenvalue weighted by Crippen LogP contribution is -2.42. The van der Waals surface area contributed by atoms with Crippen LogP contribution in [0.1, 0.15) is 200 Å². The summed E-state index contributed by atoms with van der Waals surface area (Å²) in [5, 5.41) is 20.7. The number of carbonyl (C=O) groups excluding carboxylic acids is 1. The predicted octanol–water partition coefficient (Wildman–Crippen LogP) is 14.1. The number of hydrogen-bond acceptors (Lipinski definition) is 7. The van der Waals surface area contributed by atoms with E-state index in [1.807, 2.05) is 71.2 Å². The summed E-state index contributed by atoms with van der Waals surface area (Å²) in [6.07, 6.45) is 22.0. The molecule has 9 nitrogen and oxygen atoms in total. The van der Waals surface area contributed by atoms with Crippen molar-refractivity contribution in [2.45, 2.75) is 210 Å². The number of aryl methyl sites for hydroxylation is 1. The smallest absolute Gasteiger partial charge is 0.326 e. The van der Waals surface area contributed by atoms with Crippen LogP contribution in [0.5, 0.6) is 0 Å². The number of sulfone groups is 1. The molecule has 1 saturated heterocycles. The topological polar surface area (TPSA) is 141 Å². The van der Waals surface area contributed by atoms with Gasteiger partial charge in [-0.15, -0.1) is 0 Å². The predicted molar refractivity (Wildman–Crippen MR) is 281 cm³/mol. The molecule has 3 N–H and O–H groups in total. The summed E-state index contributed by atoms with van der Waals surface area (Å²) in [5.74, 6) is -0.243. The van der Waals surface area contributed by atoms with Crippen LogP contribution in [0, 0.1) is 24.7 Å². The Morgan fingerprint density at radius 2 is 1.38 bits per heavy atom. The molecule has 2 unspecified atom stereocenters. The van der Waals surface area contributed by atoms with E-state index in [4.69, 9.17) is 5.11 Å². The van der Waals surface area contributed by atoms with E-state index in [0.29, 0.717) is 17.6 Å². The minimum absolute atomic E-state index is 0.183. The Morgan fingerprint density at radius 3 is 1.86 bits per heavy atom. The number of benzene rings is 2. The first-order chi connectivity index (χ1) is 31.0. The van der Waals surface area contributed by atoms with Crippen LogP contribution in [0.15, 0.2) is 42.5 Å². The van der Waals surface area contributed by atoms with E-state index < -0.39 is 33.7 Å². The summed E-state index contributed by atoms with van der Waals surface area (Å²) in [6, 6.07) is 13.6. The highest BCUT2D eigenvalue weighted by molar-refractivity contribution is 7.98. The maximum absolute atomic E-state index is 13.5. The van der Waals surface area contributed by atoms with Gasteiger partial charge in [0, 0.05) is 30.4 Å². The van der Waals surface area contributed by atoms with Gasteiger partial charge in [-0.25, -0.2) is 13.2 Å². The molecule has 65 heavy (non-hydrogen) atoms. The van der Waals surface area contributed by atoms with Gasteiger partial charge in [0.15, 0.2) is 0 Å². The van der Waals surface area contributed by atoms with Crippen molar-refractivity contribution in [1.82, 2.24) is 10.2 Å². The van der Waals surface area contributed by atoms with Gasteiger partial charge in [-0.2, -0.15) is 11.8 Å². The summed E-state index contributed by atoms with van der Waals surface area (Å²) in [5.41, 5.74) is 4.24. The molecule has 376 valence electrons. The summed E-state index contributed by atoms with van der Waals surface area (Å²) >= 11 is 1.68. The third kappa shape index (κ3) is 27.5. The molecule has 2 fully saturated rings. The largest absolute Gasteiger partial charge is 0.481 e. The number of rotatable bonds is 20. The van der Waals surface area contributed by atoms with Crippen molar-refractivity contribution in [3.05, 3.63) is 59.2 Å². The third-order valence-electron chi connectivity index (χ3n) is 12.2. The molecule has 2 aromatic rings. The van der Waals surface area contributed by atoms with Crippen LogP contribution >= 0.6 is 11.8 Å². The fourth-order valence-corrected chi connectivity index (χ4v) is 9.16. The van der Waals surface area contributed by atoms with Gasteiger partial charge in [-0.1, -0.05) is 171 Å². The molecule has 0 aromatic heterocycles. The average Bonchev–Trinajstić information content (AvgIpc) is 3.68. The second-order valence-electron chi connectivity index (χ2n) is 17.5. The standard InChI is InChI=1S/C33H46N2O5S.C7H16.C6H12O2S.C4H10.2C2H6/c1-4-26-15-16-27(20-24-11-6-5-7-12-24)35(26)22-25-14-17-29(30(21-25)28-13-9-8-10-23(28)2)32(36)34-31(33(37)38)18-19-41(3,39)40;1-4-6-7(3)5-2;1-5(6(7)8)3-4-9-2;1-3-4-2;2*1-2/h8-10,13-14,17,21,24,26-27,31H,4-7,11-12,15-16,18-20,22H2,1-3H3,(H,34,36)(H,37,38);7H,4-6H2,1-3H3;5H,3-4H2,1-2H3,(H,7,8);3-4H2,1-2H3;2*1-2H3/t26-,27-,31?;7-;;;;/m01..../s1. The van der Waals surface area contributed by atoms with E-state index in [-0.39, 0.29) is 18.1 Å². The van der Waals surface area contributed by atoms with Crippen LogP contribution in [0.4, 0.5) is 0 Å². The molecule has 5 atom stereocenters. The average molecular weight is 950 g/mol. The monoisotopic (exact) mass is 949 g/mol. The SMILES string of the molecule is CC.CC.CCCC.CCC[C@H](C)CC.CC[C@H]1CC[C@@H](CC2CCCCC2)N1Cc1ccc(C(=O)NC(CCS(C)(=O)=O)C(=O)O)c(-c2ccccc2C)c1.CSCCC(C)C(=O)O. The lowest BCUT2D eigenvalue weighted by Gasteiger charge is -2.33. The molecule has 4 rings (SSSR count). The van der Waals surface area contributed by atoms with Gasteiger partial charge in [0.2, 0.25) is 0 Å². The summed E-state index contributed by atoms with van der Waals surface area (Å²) in [6.45, 7) is 26.0. The van der Waals surface area contributed by atoms with Crippen LogP contribution in [0.25, 0.3) is 11.1 Å². The first-order valence-corrected chi connectivity index (χ1v) is 28.8. The van der Waals surface area contributed by atoms with Crippen molar-refractivity contribution in [1.29, 1.82) is 0 Å². The van der Waals surface area contributed by atoms with Crippen LogP contribution in [-0.4, -0.2) is 83.5 Å². The zero-order valence-electron chi connectivity index (χ0n) is 43.6. The molecular formula is C54H96N2O7S2. The molecule has 1 aliphatic heterocycles. The Kier molecular flexibility index (Phi) is 37.6. The van der Waals surface area contributed by atoms with Crippen LogP contribution < -0.4 is 5.32 Å². The number of thioether (sulfide) groups is 1. The number of aliphatic carboxylic acids is 2. The third-order valence-corrected chi connectivity index (χ3v) is 13.9. The van der Waals surface area contributed by atoms with Crippen molar-refractivity contribution in [2.24, 2.45) is 17.8 Å². The first-order valence-electron chi connectivity index (χ1n) is 25.3. The highest BCUT2D eigenvalue weighted by Gasteiger charge is 2.34. The lowest BCUT2D eigenvalue weighted by atomic mass is 9.84. The summed E-state index contributed by atoms with van der Waals surface area (Å²) in [4.78, 5) is 38.2. The van der Waals surface area contributed by atoms with Crippen molar-refractivity contribution in [3.63, 3.8) is 0 Å². The van der Waals surface area contributed by atoms with Gasteiger partial charge in [0.1, 0.15) is 15.9 Å². The molecule has 0 radical (unpaired) electrons. The Bertz CT molecular complexity index is 1660. The van der Waals surface area contributed by atoms with E-state index in [0.717, 1.165) is 65.5 Å². The van der Waals surface area contributed by atoms with E-state index in [1.54, 1.807) is 24.8 Å².